The third-order valence-corrected chi connectivity index (χ3v) is 3.35. The third kappa shape index (κ3) is 2.89. The van der Waals surface area contributed by atoms with Gasteiger partial charge in [0.05, 0.1) is 6.10 Å². The van der Waals surface area contributed by atoms with Gasteiger partial charge in [0.1, 0.15) is 0 Å². The number of aliphatic hydroxyl groups is 1. The predicted octanol–water partition coefficient (Wildman–Crippen LogP) is 2.23. The molecule has 0 amide bonds. The molecular weight excluding hydrogens is 200 g/mol. The van der Waals surface area contributed by atoms with Gasteiger partial charge in [0, 0.05) is 23.8 Å². The first-order chi connectivity index (χ1) is 7.75. The number of hydrogen-bond donors (Lipinski definition) is 3. The van der Waals surface area contributed by atoms with Crippen LogP contribution in [0.5, 0.6) is 0 Å². The van der Waals surface area contributed by atoms with E-state index in [2.05, 4.69) is 5.32 Å². The van der Waals surface area contributed by atoms with Crippen molar-refractivity contribution in [3.05, 3.63) is 24.3 Å². The van der Waals surface area contributed by atoms with Crippen LogP contribution in [0.15, 0.2) is 24.3 Å². The van der Waals surface area contributed by atoms with Gasteiger partial charge in [-0.25, -0.2) is 0 Å². The molecule has 2 atom stereocenters. The lowest BCUT2D eigenvalue weighted by Gasteiger charge is -2.27. The number of nitrogens with two attached hydrogens (primary N) is 1. The van der Waals surface area contributed by atoms with Gasteiger partial charge < -0.3 is 16.2 Å². The Bertz CT molecular complexity index is 323. The Balaban J connectivity index is 1.84. The van der Waals surface area contributed by atoms with Gasteiger partial charge in [-0.05, 0) is 37.1 Å². The molecule has 1 saturated carbocycles. The maximum Gasteiger partial charge on any atom is 0.0585 e. The van der Waals surface area contributed by atoms with Crippen molar-refractivity contribution in [1.29, 1.82) is 0 Å². The highest BCUT2D eigenvalue weighted by molar-refractivity contribution is 5.51. The molecule has 1 fully saturated rings. The molecule has 88 valence electrons. The monoisotopic (exact) mass is 220 g/mol. The Morgan fingerprint density at radius 1 is 1.19 bits per heavy atom. The molecule has 0 radical (unpaired) electrons. The summed E-state index contributed by atoms with van der Waals surface area (Å²) in [4.78, 5) is 0. The number of nitrogen functional groups attached to an aromatic ring is 1. The lowest BCUT2D eigenvalue weighted by atomic mass is 9.86. The summed E-state index contributed by atoms with van der Waals surface area (Å²) >= 11 is 0. The number of nitrogens with one attached hydrogen (secondary N) is 1. The summed E-state index contributed by atoms with van der Waals surface area (Å²) in [5.41, 5.74) is 7.48. The zero-order valence-electron chi connectivity index (χ0n) is 9.52. The fourth-order valence-corrected chi connectivity index (χ4v) is 2.28. The van der Waals surface area contributed by atoms with Gasteiger partial charge in [0.2, 0.25) is 0 Å². The summed E-state index contributed by atoms with van der Waals surface area (Å²) in [6.07, 6.45) is 4.36. The van der Waals surface area contributed by atoms with E-state index in [1.807, 2.05) is 24.3 Å². The van der Waals surface area contributed by atoms with Gasteiger partial charge in [-0.1, -0.05) is 12.8 Å². The van der Waals surface area contributed by atoms with Crippen LogP contribution >= 0.6 is 0 Å². The van der Waals surface area contributed by atoms with Gasteiger partial charge in [-0.3, -0.25) is 0 Å². The standard InChI is InChI=1S/C13H20N2O/c14-11-5-7-12(8-6-11)15-9-10-3-1-2-4-13(10)16/h5-8,10,13,15-16H,1-4,9,14H2. The van der Waals surface area contributed by atoms with Crippen molar-refractivity contribution in [2.75, 3.05) is 17.6 Å². The maximum atomic E-state index is 9.83. The molecule has 1 aliphatic carbocycles. The second-order valence-corrected chi connectivity index (χ2v) is 4.61. The largest absolute Gasteiger partial charge is 0.399 e. The highest BCUT2D eigenvalue weighted by atomic mass is 16.3. The molecule has 3 nitrogen and oxygen atoms in total. The van der Waals surface area contributed by atoms with E-state index < -0.39 is 0 Å². The molecule has 2 rings (SSSR count). The van der Waals surface area contributed by atoms with E-state index in [9.17, 15) is 5.11 Å². The van der Waals surface area contributed by atoms with Crippen LogP contribution in [0.2, 0.25) is 0 Å². The lowest BCUT2D eigenvalue weighted by Crippen LogP contribution is -2.30. The fraction of sp³-hybridized carbons (Fsp3) is 0.538. The first-order valence-corrected chi connectivity index (χ1v) is 6.03. The van der Waals surface area contributed by atoms with E-state index >= 15 is 0 Å². The SMILES string of the molecule is Nc1ccc(NCC2CCCCC2O)cc1. The zero-order valence-corrected chi connectivity index (χ0v) is 9.52. The van der Waals surface area contributed by atoms with Gasteiger partial charge in [-0.15, -0.1) is 0 Å². The molecule has 16 heavy (non-hydrogen) atoms. The minimum absolute atomic E-state index is 0.130. The van der Waals surface area contributed by atoms with Gasteiger partial charge in [0.25, 0.3) is 0 Å². The lowest BCUT2D eigenvalue weighted by molar-refractivity contribution is 0.0763. The van der Waals surface area contributed by atoms with Gasteiger partial charge in [-0.2, -0.15) is 0 Å². The number of benzene rings is 1. The Morgan fingerprint density at radius 3 is 2.56 bits per heavy atom. The van der Waals surface area contributed by atoms with Crippen molar-refractivity contribution in [3.8, 4) is 0 Å². The Kier molecular flexibility index (Phi) is 3.67. The number of aliphatic hydroxyl groups excluding tert-OH is 1. The Hall–Kier alpha value is -1.22. The Morgan fingerprint density at radius 2 is 1.88 bits per heavy atom. The summed E-state index contributed by atoms with van der Waals surface area (Å²) in [5.74, 6) is 0.395. The van der Waals surface area contributed by atoms with Crippen LogP contribution < -0.4 is 11.1 Å². The molecule has 0 bridgehead atoms. The van der Waals surface area contributed by atoms with Crippen LogP contribution in [0.4, 0.5) is 11.4 Å². The first kappa shape index (κ1) is 11.3. The fourth-order valence-electron chi connectivity index (χ4n) is 2.28. The highest BCUT2D eigenvalue weighted by Gasteiger charge is 2.22. The molecule has 1 aliphatic rings. The molecule has 3 heteroatoms. The van der Waals surface area contributed by atoms with Crippen LogP contribution in [0.25, 0.3) is 0 Å². The predicted molar refractivity (Wildman–Crippen MR) is 67.3 cm³/mol. The normalized spacial score (nSPS) is 25.3. The highest BCUT2D eigenvalue weighted by Crippen LogP contribution is 2.24. The van der Waals surface area contributed by atoms with E-state index in [4.69, 9.17) is 5.73 Å². The van der Waals surface area contributed by atoms with E-state index in [0.717, 1.165) is 30.8 Å². The summed E-state index contributed by atoms with van der Waals surface area (Å²) in [6.45, 7) is 0.852. The average Bonchev–Trinajstić information content (AvgIpc) is 2.30. The second-order valence-electron chi connectivity index (χ2n) is 4.61. The summed E-state index contributed by atoms with van der Waals surface area (Å²) in [6, 6.07) is 7.73. The van der Waals surface area contributed by atoms with Gasteiger partial charge >= 0.3 is 0 Å². The van der Waals surface area contributed by atoms with E-state index in [1.165, 1.54) is 12.8 Å². The molecular formula is C13H20N2O. The molecule has 0 heterocycles. The average molecular weight is 220 g/mol. The second kappa shape index (κ2) is 5.21. The van der Waals surface area contributed by atoms with Gasteiger partial charge in [0.15, 0.2) is 0 Å². The van der Waals surface area contributed by atoms with Crippen molar-refractivity contribution < 1.29 is 5.11 Å². The molecule has 0 saturated heterocycles. The van der Waals surface area contributed by atoms with Crippen LogP contribution in [0.1, 0.15) is 25.7 Å². The van der Waals surface area contributed by atoms with Crippen molar-refractivity contribution >= 4 is 11.4 Å². The van der Waals surface area contributed by atoms with E-state index in [1.54, 1.807) is 0 Å². The number of rotatable bonds is 3. The summed E-state index contributed by atoms with van der Waals surface area (Å²) in [5, 5.41) is 13.2. The van der Waals surface area contributed by atoms with E-state index in [0.29, 0.717) is 5.92 Å². The van der Waals surface area contributed by atoms with Crippen LogP contribution in [0, 0.1) is 5.92 Å². The third-order valence-electron chi connectivity index (χ3n) is 3.35. The molecule has 1 aromatic carbocycles. The number of hydrogen-bond acceptors (Lipinski definition) is 3. The van der Waals surface area contributed by atoms with E-state index in [-0.39, 0.29) is 6.10 Å². The number of anilines is 2. The molecule has 1 aromatic rings. The first-order valence-electron chi connectivity index (χ1n) is 6.03. The van der Waals surface area contributed by atoms with Crippen molar-refractivity contribution in [1.82, 2.24) is 0 Å². The summed E-state index contributed by atoms with van der Waals surface area (Å²) < 4.78 is 0. The molecule has 0 spiro atoms. The quantitative estimate of drug-likeness (QED) is 0.685. The molecule has 4 N–H and O–H groups in total. The van der Waals surface area contributed by atoms with Crippen LogP contribution in [-0.2, 0) is 0 Å². The summed E-state index contributed by atoms with van der Waals surface area (Å²) in [7, 11) is 0. The molecule has 0 aromatic heterocycles. The minimum atomic E-state index is -0.130. The maximum absolute atomic E-state index is 9.83. The Labute approximate surface area is 96.7 Å². The van der Waals surface area contributed by atoms with Crippen LogP contribution in [-0.4, -0.2) is 17.8 Å². The van der Waals surface area contributed by atoms with Crippen molar-refractivity contribution in [2.24, 2.45) is 5.92 Å². The topological polar surface area (TPSA) is 58.3 Å². The zero-order chi connectivity index (χ0) is 11.4. The van der Waals surface area contributed by atoms with Crippen molar-refractivity contribution in [2.45, 2.75) is 31.8 Å². The molecule has 0 aliphatic heterocycles. The van der Waals surface area contributed by atoms with Crippen molar-refractivity contribution in [3.63, 3.8) is 0 Å². The molecule has 2 unspecified atom stereocenters. The minimum Gasteiger partial charge on any atom is -0.399 e. The smallest absolute Gasteiger partial charge is 0.0585 e. The van der Waals surface area contributed by atoms with Crippen LogP contribution in [0.3, 0.4) is 0 Å².